The van der Waals surface area contributed by atoms with E-state index >= 15 is 0 Å². The van der Waals surface area contributed by atoms with Crippen LogP contribution in [0.1, 0.15) is 15.9 Å². The Morgan fingerprint density at radius 3 is 2.73 bits per heavy atom. The second-order valence-corrected chi connectivity index (χ2v) is 3.62. The summed E-state index contributed by atoms with van der Waals surface area (Å²) in [7, 11) is 3.55. The number of rotatable bonds is 2. The van der Waals surface area contributed by atoms with E-state index in [1.54, 1.807) is 7.11 Å². The van der Waals surface area contributed by atoms with Gasteiger partial charge in [-0.1, -0.05) is 6.07 Å². The van der Waals surface area contributed by atoms with Crippen molar-refractivity contribution in [3.05, 3.63) is 29.5 Å². The Morgan fingerprint density at radius 1 is 1.40 bits per heavy atom. The first kappa shape index (κ1) is 9.77. The molecular weight excluding hydrogens is 190 g/mol. The van der Waals surface area contributed by atoms with Gasteiger partial charge in [-0.2, -0.15) is 0 Å². The predicted molar refractivity (Wildman–Crippen MR) is 59.6 cm³/mol. The van der Waals surface area contributed by atoms with Gasteiger partial charge < -0.3 is 9.30 Å². The van der Waals surface area contributed by atoms with E-state index in [2.05, 4.69) is 0 Å². The molecule has 0 aliphatic heterocycles. The average Bonchev–Trinajstić information content (AvgIpc) is 2.58. The van der Waals surface area contributed by atoms with Gasteiger partial charge in [0.25, 0.3) is 0 Å². The molecule has 0 radical (unpaired) electrons. The van der Waals surface area contributed by atoms with Crippen LogP contribution in [0.15, 0.2) is 18.3 Å². The molecule has 0 aliphatic carbocycles. The normalized spacial score (nSPS) is 10.6. The molecule has 3 nitrogen and oxygen atoms in total. The summed E-state index contributed by atoms with van der Waals surface area (Å²) in [6, 6.07) is 3.89. The third kappa shape index (κ3) is 1.31. The minimum atomic E-state index is 0.674. The molecule has 0 bridgehead atoms. The maximum atomic E-state index is 10.9. The van der Waals surface area contributed by atoms with Crippen LogP contribution in [0.2, 0.25) is 0 Å². The van der Waals surface area contributed by atoms with E-state index in [9.17, 15) is 4.79 Å². The number of benzene rings is 1. The fourth-order valence-corrected chi connectivity index (χ4v) is 2.01. The summed E-state index contributed by atoms with van der Waals surface area (Å²) in [6.07, 6.45) is 2.69. The molecule has 78 valence electrons. The second kappa shape index (κ2) is 3.42. The number of methoxy groups -OCH3 is 1. The van der Waals surface area contributed by atoms with Gasteiger partial charge in [0, 0.05) is 18.8 Å². The van der Waals surface area contributed by atoms with Crippen molar-refractivity contribution in [2.24, 2.45) is 7.05 Å². The molecule has 15 heavy (non-hydrogen) atoms. The van der Waals surface area contributed by atoms with Crippen molar-refractivity contribution in [1.82, 2.24) is 4.57 Å². The van der Waals surface area contributed by atoms with Gasteiger partial charge >= 0.3 is 0 Å². The Bertz CT molecular complexity index is 526. The zero-order chi connectivity index (χ0) is 11.0. The van der Waals surface area contributed by atoms with Crippen molar-refractivity contribution >= 4 is 17.2 Å². The molecule has 3 heteroatoms. The van der Waals surface area contributed by atoms with Crippen LogP contribution in [0.25, 0.3) is 10.9 Å². The number of aromatic nitrogens is 1. The maximum Gasteiger partial charge on any atom is 0.152 e. The van der Waals surface area contributed by atoms with E-state index < -0.39 is 0 Å². The molecule has 1 aromatic carbocycles. The van der Waals surface area contributed by atoms with Gasteiger partial charge in [-0.05, 0) is 18.6 Å². The Morgan fingerprint density at radius 2 is 2.13 bits per heavy atom. The zero-order valence-electron chi connectivity index (χ0n) is 9.07. The lowest BCUT2D eigenvalue weighted by Crippen LogP contribution is -1.90. The number of nitrogens with zero attached hydrogens (tertiary/aromatic N) is 1. The summed E-state index contributed by atoms with van der Waals surface area (Å²) in [6.45, 7) is 2.02. The number of hydrogen-bond acceptors (Lipinski definition) is 2. The maximum absolute atomic E-state index is 10.9. The first-order valence-corrected chi connectivity index (χ1v) is 4.77. The predicted octanol–water partition coefficient (Wildman–Crippen LogP) is 2.31. The molecule has 1 heterocycles. The molecule has 0 atom stereocenters. The molecule has 0 amide bonds. The molecule has 2 rings (SSSR count). The summed E-state index contributed by atoms with van der Waals surface area (Å²) in [4.78, 5) is 10.9. The van der Waals surface area contributed by atoms with Crippen LogP contribution in [0.3, 0.4) is 0 Å². The summed E-state index contributed by atoms with van der Waals surface area (Å²) >= 11 is 0. The lowest BCUT2D eigenvalue weighted by Gasteiger charge is -2.05. The van der Waals surface area contributed by atoms with Crippen LogP contribution in [-0.4, -0.2) is 18.0 Å². The summed E-state index contributed by atoms with van der Waals surface area (Å²) in [5.41, 5.74) is 2.87. The van der Waals surface area contributed by atoms with E-state index in [0.29, 0.717) is 5.56 Å². The van der Waals surface area contributed by atoms with E-state index in [4.69, 9.17) is 4.74 Å². The minimum absolute atomic E-state index is 0.674. The third-order valence-electron chi connectivity index (χ3n) is 2.66. The topological polar surface area (TPSA) is 31.2 Å². The van der Waals surface area contributed by atoms with Crippen molar-refractivity contribution in [3.63, 3.8) is 0 Å². The van der Waals surface area contributed by atoms with Crippen molar-refractivity contribution in [2.75, 3.05) is 7.11 Å². The fraction of sp³-hybridized carbons (Fsp3) is 0.250. The minimum Gasteiger partial charge on any atom is -0.496 e. The number of aryl methyl sites for hydroxylation is 2. The largest absolute Gasteiger partial charge is 0.496 e. The highest BCUT2D eigenvalue weighted by Crippen LogP contribution is 2.31. The number of fused-ring (bicyclic) bond motifs is 1. The lowest BCUT2D eigenvalue weighted by atomic mass is 10.1. The van der Waals surface area contributed by atoms with Crippen LogP contribution in [0.5, 0.6) is 5.75 Å². The van der Waals surface area contributed by atoms with E-state index in [1.165, 1.54) is 0 Å². The van der Waals surface area contributed by atoms with Gasteiger partial charge in [0.15, 0.2) is 6.29 Å². The highest BCUT2D eigenvalue weighted by Gasteiger charge is 2.12. The number of carbonyl (C=O) groups excluding carboxylic acids is 1. The van der Waals surface area contributed by atoms with Gasteiger partial charge in [-0.3, -0.25) is 4.79 Å². The van der Waals surface area contributed by atoms with Crippen LogP contribution in [0.4, 0.5) is 0 Å². The molecule has 1 aromatic heterocycles. The van der Waals surface area contributed by atoms with Crippen LogP contribution >= 0.6 is 0 Å². The molecular formula is C12H13NO2. The van der Waals surface area contributed by atoms with Gasteiger partial charge in [-0.25, -0.2) is 0 Å². The molecule has 0 N–H and O–H groups in total. The van der Waals surface area contributed by atoms with E-state index in [0.717, 1.165) is 28.5 Å². The van der Waals surface area contributed by atoms with Gasteiger partial charge in [-0.15, -0.1) is 0 Å². The number of ether oxygens (including phenoxy) is 1. The SMILES string of the molecule is COc1ccc(C)c2c1c(C=O)cn2C. The smallest absolute Gasteiger partial charge is 0.152 e. The van der Waals surface area contributed by atoms with Crippen molar-refractivity contribution < 1.29 is 9.53 Å². The first-order chi connectivity index (χ1) is 7.19. The highest BCUT2D eigenvalue weighted by atomic mass is 16.5. The quantitative estimate of drug-likeness (QED) is 0.701. The van der Waals surface area contributed by atoms with Crippen molar-refractivity contribution in [1.29, 1.82) is 0 Å². The van der Waals surface area contributed by atoms with Gasteiger partial charge in [0.05, 0.1) is 18.0 Å². The molecule has 0 spiro atoms. The van der Waals surface area contributed by atoms with Gasteiger partial charge in [0.2, 0.25) is 0 Å². The molecule has 2 aromatic rings. The third-order valence-corrected chi connectivity index (χ3v) is 2.66. The summed E-state index contributed by atoms with van der Waals surface area (Å²) in [5.74, 6) is 0.748. The molecule has 0 unspecified atom stereocenters. The van der Waals surface area contributed by atoms with Crippen LogP contribution in [-0.2, 0) is 7.05 Å². The monoisotopic (exact) mass is 203 g/mol. The molecule has 0 saturated carbocycles. The van der Waals surface area contributed by atoms with Crippen LogP contribution < -0.4 is 4.74 Å². The zero-order valence-corrected chi connectivity index (χ0v) is 9.07. The summed E-state index contributed by atoms with van der Waals surface area (Å²) in [5, 5.41) is 0.898. The van der Waals surface area contributed by atoms with Crippen molar-refractivity contribution in [3.8, 4) is 5.75 Å². The number of aldehydes is 1. The molecule has 0 aliphatic rings. The highest BCUT2D eigenvalue weighted by molar-refractivity contribution is 6.02. The van der Waals surface area contributed by atoms with E-state index in [-0.39, 0.29) is 0 Å². The fourth-order valence-electron chi connectivity index (χ4n) is 2.01. The number of hydrogen-bond donors (Lipinski definition) is 0. The Kier molecular flexibility index (Phi) is 2.23. The Balaban J connectivity index is 2.96. The van der Waals surface area contributed by atoms with Crippen LogP contribution in [0, 0.1) is 6.92 Å². The standard InChI is InChI=1S/C12H13NO2/c1-8-4-5-10(15-3)11-9(7-14)6-13(2)12(8)11/h4-7H,1-3H3. The molecule has 0 fully saturated rings. The Labute approximate surface area is 88.3 Å². The lowest BCUT2D eigenvalue weighted by molar-refractivity contribution is 0.112. The average molecular weight is 203 g/mol. The van der Waals surface area contributed by atoms with E-state index in [1.807, 2.05) is 36.9 Å². The summed E-state index contributed by atoms with van der Waals surface area (Å²) < 4.78 is 7.22. The second-order valence-electron chi connectivity index (χ2n) is 3.62. The Hall–Kier alpha value is -1.77. The van der Waals surface area contributed by atoms with Crippen molar-refractivity contribution in [2.45, 2.75) is 6.92 Å². The first-order valence-electron chi connectivity index (χ1n) is 4.77. The molecule has 0 saturated heterocycles. The van der Waals surface area contributed by atoms with Gasteiger partial charge in [0.1, 0.15) is 5.75 Å². The number of carbonyl (C=O) groups is 1.